The summed E-state index contributed by atoms with van der Waals surface area (Å²) in [4.78, 5) is 17.2. The third-order valence-corrected chi connectivity index (χ3v) is 1.48. The van der Waals surface area contributed by atoms with Crippen molar-refractivity contribution in [2.75, 3.05) is 0 Å². The molecule has 0 radical (unpaired) electrons. The van der Waals surface area contributed by atoms with Crippen LogP contribution in [0, 0.1) is 5.92 Å². The topological polar surface area (TPSA) is 66.0 Å². The molecular formula is C7H10N2O2. The first-order valence-corrected chi connectivity index (χ1v) is 3.41. The van der Waals surface area contributed by atoms with Gasteiger partial charge in [0, 0.05) is 18.8 Å². The van der Waals surface area contributed by atoms with Gasteiger partial charge in [-0.2, -0.15) is 0 Å². The van der Waals surface area contributed by atoms with Gasteiger partial charge in [0.25, 0.3) is 0 Å². The van der Waals surface area contributed by atoms with Gasteiger partial charge in [0.05, 0.1) is 5.92 Å². The second-order valence-electron chi connectivity index (χ2n) is 2.48. The number of nitrogens with one attached hydrogen (secondary N) is 1. The molecule has 2 N–H and O–H groups in total. The zero-order chi connectivity index (χ0) is 8.27. The van der Waals surface area contributed by atoms with Crippen LogP contribution < -0.4 is 0 Å². The Morgan fingerprint density at radius 2 is 2.64 bits per heavy atom. The van der Waals surface area contributed by atoms with Crippen molar-refractivity contribution in [2.24, 2.45) is 5.92 Å². The number of carboxylic acid groups (broad SMARTS) is 1. The van der Waals surface area contributed by atoms with E-state index in [0.29, 0.717) is 6.42 Å². The van der Waals surface area contributed by atoms with Gasteiger partial charge in [0.1, 0.15) is 5.82 Å². The lowest BCUT2D eigenvalue weighted by Gasteiger charge is -2.01. The van der Waals surface area contributed by atoms with Crippen LogP contribution in [0.15, 0.2) is 12.4 Å². The number of H-pyrrole nitrogens is 1. The first-order chi connectivity index (χ1) is 5.20. The Kier molecular flexibility index (Phi) is 2.25. The van der Waals surface area contributed by atoms with Crippen LogP contribution in [0.4, 0.5) is 0 Å². The molecule has 0 aliphatic carbocycles. The molecule has 0 aliphatic heterocycles. The number of hydrogen-bond donors (Lipinski definition) is 2. The molecule has 0 fully saturated rings. The third-order valence-electron chi connectivity index (χ3n) is 1.48. The van der Waals surface area contributed by atoms with Gasteiger partial charge >= 0.3 is 5.97 Å². The molecule has 4 nitrogen and oxygen atoms in total. The fourth-order valence-electron chi connectivity index (χ4n) is 0.787. The summed E-state index contributed by atoms with van der Waals surface area (Å²) in [5, 5.41) is 8.54. The van der Waals surface area contributed by atoms with Gasteiger partial charge in [0.2, 0.25) is 0 Å². The molecule has 0 amide bonds. The summed E-state index contributed by atoms with van der Waals surface area (Å²) in [7, 11) is 0. The molecule has 0 unspecified atom stereocenters. The molecular weight excluding hydrogens is 144 g/mol. The Balaban J connectivity index is 2.50. The standard InChI is InChI=1S/C7H10N2O2/c1-5(7(10)11)4-6-8-2-3-9-6/h2-3,5H,4H2,1H3,(H,8,9)(H,10,11)/t5-/m0/s1. The average molecular weight is 154 g/mol. The van der Waals surface area contributed by atoms with E-state index in [2.05, 4.69) is 9.97 Å². The molecule has 0 aromatic carbocycles. The summed E-state index contributed by atoms with van der Waals surface area (Å²) in [6, 6.07) is 0. The highest BCUT2D eigenvalue weighted by atomic mass is 16.4. The highest BCUT2D eigenvalue weighted by Crippen LogP contribution is 2.02. The fraction of sp³-hybridized carbons (Fsp3) is 0.429. The fourth-order valence-corrected chi connectivity index (χ4v) is 0.787. The first-order valence-electron chi connectivity index (χ1n) is 3.41. The molecule has 0 saturated carbocycles. The van der Waals surface area contributed by atoms with Gasteiger partial charge in [-0.25, -0.2) is 4.98 Å². The zero-order valence-electron chi connectivity index (χ0n) is 6.24. The van der Waals surface area contributed by atoms with Crippen molar-refractivity contribution in [3.63, 3.8) is 0 Å². The van der Waals surface area contributed by atoms with Crippen LogP contribution in [-0.4, -0.2) is 21.0 Å². The van der Waals surface area contributed by atoms with E-state index < -0.39 is 5.97 Å². The molecule has 1 aromatic rings. The highest BCUT2D eigenvalue weighted by Gasteiger charge is 2.12. The molecule has 60 valence electrons. The van der Waals surface area contributed by atoms with Gasteiger partial charge in [-0.3, -0.25) is 4.79 Å². The summed E-state index contributed by atoms with van der Waals surface area (Å²) in [5.74, 6) is -0.442. The second-order valence-corrected chi connectivity index (χ2v) is 2.48. The Bertz CT molecular complexity index is 231. The van der Waals surface area contributed by atoms with Crippen LogP contribution in [-0.2, 0) is 11.2 Å². The van der Waals surface area contributed by atoms with Gasteiger partial charge in [-0.1, -0.05) is 6.92 Å². The summed E-state index contributed by atoms with van der Waals surface area (Å²) in [6.45, 7) is 1.66. The molecule has 0 bridgehead atoms. The maximum absolute atomic E-state index is 10.4. The van der Waals surface area contributed by atoms with Gasteiger partial charge in [-0.15, -0.1) is 0 Å². The average Bonchev–Trinajstić information content (AvgIpc) is 2.39. The first kappa shape index (κ1) is 7.78. The number of aliphatic carboxylic acids is 1. The van der Waals surface area contributed by atoms with Crippen molar-refractivity contribution in [3.05, 3.63) is 18.2 Å². The van der Waals surface area contributed by atoms with Crippen molar-refractivity contribution < 1.29 is 9.90 Å². The highest BCUT2D eigenvalue weighted by molar-refractivity contribution is 5.69. The van der Waals surface area contributed by atoms with Crippen LogP contribution in [0.3, 0.4) is 0 Å². The van der Waals surface area contributed by atoms with E-state index in [0.717, 1.165) is 5.82 Å². The molecule has 1 rings (SSSR count). The molecule has 0 saturated heterocycles. The predicted octanol–water partition coefficient (Wildman–Crippen LogP) is 0.673. The van der Waals surface area contributed by atoms with E-state index >= 15 is 0 Å². The molecule has 1 atom stereocenters. The van der Waals surface area contributed by atoms with Crippen LogP contribution >= 0.6 is 0 Å². The smallest absolute Gasteiger partial charge is 0.306 e. The minimum atomic E-state index is -0.790. The molecule has 11 heavy (non-hydrogen) atoms. The minimum absolute atomic E-state index is 0.374. The number of hydrogen-bond acceptors (Lipinski definition) is 2. The largest absolute Gasteiger partial charge is 0.481 e. The maximum Gasteiger partial charge on any atom is 0.306 e. The van der Waals surface area contributed by atoms with Crippen molar-refractivity contribution in [1.82, 2.24) is 9.97 Å². The van der Waals surface area contributed by atoms with Crippen LogP contribution in [0.25, 0.3) is 0 Å². The van der Waals surface area contributed by atoms with E-state index in [1.807, 2.05) is 0 Å². The van der Waals surface area contributed by atoms with Crippen LogP contribution in [0.1, 0.15) is 12.7 Å². The lowest BCUT2D eigenvalue weighted by molar-refractivity contribution is -0.141. The number of nitrogens with zero attached hydrogens (tertiary/aromatic N) is 1. The molecule has 1 heterocycles. The van der Waals surface area contributed by atoms with E-state index in [9.17, 15) is 4.79 Å². The molecule has 0 aliphatic rings. The summed E-state index contributed by atoms with van der Waals surface area (Å²) in [5.41, 5.74) is 0. The zero-order valence-corrected chi connectivity index (χ0v) is 6.24. The Labute approximate surface area is 64.3 Å². The van der Waals surface area contributed by atoms with E-state index in [1.165, 1.54) is 0 Å². The predicted molar refractivity (Wildman–Crippen MR) is 39.1 cm³/mol. The van der Waals surface area contributed by atoms with E-state index in [-0.39, 0.29) is 5.92 Å². The minimum Gasteiger partial charge on any atom is -0.481 e. The van der Waals surface area contributed by atoms with Gasteiger partial charge in [-0.05, 0) is 0 Å². The summed E-state index contributed by atoms with van der Waals surface area (Å²) >= 11 is 0. The van der Waals surface area contributed by atoms with Gasteiger partial charge < -0.3 is 10.1 Å². The van der Waals surface area contributed by atoms with Crippen molar-refractivity contribution >= 4 is 5.97 Å². The van der Waals surface area contributed by atoms with Crippen LogP contribution in [0.2, 0.25) is 0 Å². The lowest BCUT2D eigenvalue weighted by atomic mass is 10.1. The number of rotatable bonds is 3. The molecule has 4 heteroatoms. The number of carbonyl (C=O) groups is 1. The number of imidazole rings is 1. The van der Waals surface area contributed by atoms with Gasteiger partial charge in [0.15, 0.2) is 0 Å². The van der Waals surface area contributed by atoms with Crippen molar-refractivity contribution in [1.29, 1.82) is 0 Å². The summed E-state index contributed by atoms with van der Waals surface area (Å²) in [6.07, 6.45) is 3.76. The number of aromatic nitrogens is 2. The normalized spacial score (nSPS) is 12.8. The van der Waals surface area contributed by atoms with E-state index in [4.69, 9.17) is 5.11 Å². The quantitative estimate of drug-likeness (QED) is 0.672. The summed E-state index contributed by atoms with van der Waals surface area (Å²) < 4.78 is 0. The Morgan fingerprint density at radius 1 is 1.91 bits per heavy atom. The second kappa shape index (κ2) is 3.18. The lowest BCUT2D eigenvalue weighted by Crippen LogP contribution is -2.12. The van der Waals surface area contributed by atoms with Crippen molar-refractivity contribution in [2.45, 2.75) is 13.3 Å². The molecule has 0 spiro atoms. The Hall–Kier alpha value is -1.32. The van der Waals surface area contributed by atoms with E-state index in [1.54, 1.807) is 19.3 Å². The SMILES string of the molecule is C[C@@H](Cc1ncc[nH]1)C(=O)O. The van der Waals surface area contributed by atoms with Crippen LogP contribution in [0.5, 0.6) is 0 Å². The number of carboxylic acids is 1. The van der Waals surface area contributed by atoms with Crippen molar-refractivity contribution in [3.8, 4) is 0 Å². The molecule has 1 aromatic heterocycles. The number of aromatic amines is 1. The third kappa shape index (κ3) is 2.07. The Morgan fingerprint density at radius 3 is 3.09 bits per heavy atom. The monoisotopic (exact) mass is 154 g/mol. The maximum atomic E-state index is 10.4.